The lowest BCUT2D eigenvalue weighted by Crippen LogP contribution is -2.40. The van der Waals surface area contributed by atoms with Crippen molar-refractivity contribution in [3.05, 3.63) is 76.4 Å². The first-order valence-electron chi connectivity index (χ1n) is 14.1. The normalized spacial score (nSPS) is 14.6. The van der Waals surface area contributed by atoms with Crippen molar-refractivity contribution in [3.63, 3.8) is 0 Å². The first-order valence-corrected chi connectivity index (χ1v) is 14.1. The largest absolute Gasteiger partial charge is 0.390 e. The lowest BCUT2D eigenvalue weighted by atomic mass is 9.97. The van der Waals surface area contributed by atoms with Gasteiger partial charge in [0.25, 0.3) is 11.8 Å². The zero-order valence-electron chi connectivity index (χ0n) is 24.6. The van der Waals surface area contributed by atoms with Crippen molar-refractivity contribution in [3.8, 4) is 11.1 Å². The van der Waals surface area contributed by atoms with Crippen LogP contribution >= 0.6 is 0 Å². The quantitative estimate of drug-likeness (QED) is 0.257. The summed E-state index contributed by atoms with van der Waals surface area (Å²) in [6.45, 7) is 11.6. The van der Waals surface area contributed by atoms with Gasteiger partial charge in [0.05, 0.1) is 22.9 Å². The minimum absolute atomic E-state index is 0.0460. The second-order valence-electron chi connectivity index (χ2n) is 10.7. The van der Waals surface area contributed by atoms with E-state index in [-0.39, 0.29) is 24.1 Å². The maximum atomic E-state index is 13.9. The molecular formula is C32H38FN5O4. The number of likely N-dealkylation sites (N-methyl/N-ethyl adjacent to an activating group) is 1. The van der Waals surface area contributed by atoms with E-state index in [0.29, 0.717) is 51.4 Å². The van der Waals surface area contributed by atoms with Gasteiger partial charge in [-0.1, -0.05) is 26.0 Å². The van der Waals surface area contributed by atoms with Crippen molar-refractivity contribution in [2.75, 3.05) is 31.1 Å². The molecule has 0 saturated carbocycles. The van der Waals surface area contributed by atoms with E-state index < -0.39 is 23.7 Å². The summed E-state index contributed by atoms with van der Waals surface area (Å²) in [5.41, 5.74) is 9.71. The Bertz CT molecular complexity index is 1520. The van der Waals surface area contributed by atoms with Gasteiger partial charge in [-0.3, -0.25) is 14.4 Å². The number of carbonyl (C=O) groups is 3. The standard InChI is InChI=1S/C32H38FN5O4/c1-6-37(7-2)17-23(39)16-35-31(41)28-19(5)36-26(29(28)20-8-11-22(33)12-9-20)15-25-24-14-21(30(34)40)10-13-27(24)38(18(3)4)32(25)42/h8-15,18,23,36,39H,6-7,16-17H2,1-5H3,(H2,34,40)(H,35,41)/b25-15-. The molecule has 0 radical (unpaired) electrons. The van der Waals surface area contributed by atoms with Gasteiger partial charge in [0.15, 0.2) is 0 Å². The molecule has 1 aliphatic heterocycles. The van der Waals surface area contributed by atoms with Crippen LogP contribution in [0.15, 0.2) is 42.5 Å². The fourth-order valence-corrected chi connectivity index (χ4v) is 5.37. The number of aromatic amines is 1. The third-order valence-corrected chi connectivity index (χ3v) is 7.52. The maximum Gasteiger partial charge on any atom is 0.259 e. The molecule has 222 valence electrons. The molecule has 2 aromatic carbocycles. The van der Waals surface area contributed by atoms with E-state index in [2.05, 4.69) is 15.2 Å². The molecule has 42 heavy (non-hydrogen) atoms. The van der Waals surface area contributed by atoms with Crippen LogP contribution in [0.1, 0.15) is 65.4 Å². The summed E-state index contributed by atoms with van der Waals surface area (Å²) in [6.07, 6.45) is 0.893. The molecule has 1 aliphatic rings. The third kappa shape index (κ3) is 6.14. The van der Waals surface area contributed by atoms with Crippen molar-refractivity contribution in [1.82, 2.24) is 15.2 Å². The number of H-pyrrole nitrogens is 1. The van der Waals surface area contributed by atoms with E-state index in [1.165, 1.54) is 12.1 Å². The fraction of sp³-hybridized carbons (Fsp3) is 0.344. The molecule has 3 amide bonds. The highest BCUT2D eigenvalue weighted by atomic mass is 19.1. The number of primary amides is 1. The number of halogens is 1. The number of benzene rings is 2. The van der Waals surface area contributed by atoms with Gasteiger partial charge in [0.1, 0.15) is 5.82 Å². The molecule has 0 aliphatic carbocycles. The predicted molar refractivity (Wildman–Crippen MR) is 163 cm³/mol. The smallest absolute Gasteiger partial charge is 0.259 e. The summed E-state index contributed by atoms with van der Waals surface area (Å²) in [4.78, 5) is 46.1. The number of nitrogens with two attached hydrogens (primary N) is 1. The molecular weight excluding hydrogens is 537 g/mol. The summed E-state index contributed by atoms with van der Waals surface area (Å²) in [7, 11) is 0. The highest BCUT2D eigenvalue weighted by molar-refractivity contribution is 6.36. The highest BCUT2D eigenvalue weighted by Crippen LogP contribution is 2.41. The van der Waals surface area contributed by atoms with Crippen molar-refractivity contribution >= 4 is 35.1 Å². The van der Waals surface area contributed by atoms with Crippen LogP contribution in [-0.2, 0) is 4.79 Å². The van der Waals surface area contributed by atoms with Gasteiger partial charge < -0.3 is 30.9 Å². The molecule has 0 fully saturated rings. The number of hydrogen-bond acceptors (Lipinski definition) is 5. The van der Waals surface area contributed by atoms with Crippen LogP contribution in [-0.4, -0.2) is 71.0 Å². The van der Waals surface area contributed by atoms with Crippen LogP contribution in [0.25, 0.3) is 22.8 Å². The van der Waals surface area contributed by atoms with Crippen LogP contribution in [0.5, 0.6) is 0 Å². The number of anilines is 1. The number of rotatable bonds is 11. The van der Waals surface area contributed by atoms with Gasteiger partial charge in [0.2, 0.25) is 5.91 Å². The second-order valence-corrected chi connectivity index (χ2v) is 10.7. The van der Waals surface area contributed by atoms with Crippen LogP contribution in [0.4, 0.5) is 10.1 Å². The number of amides is 3. The van der Waals surface area contributed by atoms with Crippen molar-refractivity contribution in [2.24, 2.45) is 5.73 Å². The minimum atomic E-state index is -0.766. The van der Waals surface area contributed by atoms with Gasteiger partial charge in [0, 0.05) is 47.2 Å². The number of aryl methyl sites for hydroxylation is 1. The van der Waals surface area contributed by atoms with E-state index >= 15 is 0 Å². The molecule has 1 atom stereocenters. The van der Waals surface area contributed by atoms with Crippen LogP contribution in [0.3, 0.4) is 0 Å². The topological polar surface area (TPSA) is 132 Å². The summed E-state index contributed by atoms with van der Waals surface area (Å²) in [6, 6.07) is 10.5. The molecule has 4 rings (SSSR count). The molecule has 0 bridgehead atoms. The lowest BCUT2D eigenvalue weighted by Gasteiger charge is -2.22. The molecule has 3 aromatic rings. The Balaban J connectivity index is 1.81. The maximum absolute atomic E-state index is 13.9. The third-order valence-electron chi connectivity index (χ3n) is 7.52. The Morgan fingerprint density at radius 1 is 1.14 bits per heavy atom. The van der Waals surface area contributed by atoms with Crippen molar-refractivity contribution in [1.29, 1.82) is 0 Å². The van der Waals surface area contributed by atoms with Crippen LogP contribution < -0.4 is 16.0 Å². The number of aliphatic hydroxyl groups is 1. The molecule has 0 saturated heterocycles. The minimum Gasteiger partial charge on any atom is -0.390 e. The van der Waals surface area contributed by atoms with Crippen molar-refractivity contribution in [2.45, 2.75) is 46.8 Å². The van der Waals surface area contributed by atoms with Crippen LogP contribution in [0.2, 0.25) is 0 Å². The van der Waals surface area contributed by atoms with Crippen molar-refractivity contribution < 1.29 is 23.9 Å². The van der Waals surface area contributed by atoms with Gasteiger partial charge >= 0.3 is 0 Å². The second kappa shape index (κ2) is 12.7. The predicted octanol–water partition coefficient (Wildman–Crippen LogP) is 3.96. The number of fused-ring (bicyclic) bond motifs is 1. The molecule has 2 heterocycles. The summed E-state index contributed by atoms with van der Waals surface area (Å²) >= 11 is 0. The Labute approximate surface area is 245 Å². The van der Waals surface area contributed by atoms with Gasteiger partial charge in [-0.25, -0.2) is 4.39 Å². The average Bonchev–Trinajstić information content (AvgIpc) is 3.43. The summed E-state index contributed by atoms with van der Waals surface area (Å²) < 4.78 is 13.9. The lowest BCUT2D eigenvalue weighted by molar-refractivity contribution is -0.113. The molecule has 1 unspecified atom stereocenters. The van der Waals surface area contributed by atoms with E-state index in [1.807, 2.05) is 27.7 Å². The fourth-order valence-electron chi connectivity index (χ4n) is 5.37. The Morgan fingerprint density at radius 2 is 1.81 bits per heavy atom. The highest BCUT2D eigenvalue weighted by Gasteiger charge is 2.35. The molecule has 9 nitrogen and oxygen atoms in total. The first-order chi connectivity index (χ1) is 20.0. The average molecular weight is 576 g/mol. The monoisotopic (exact) mass is 575 g/mol. The number of carbonyl (C=O) groups excluding carboxylic acids is 3. The first kappa shape index (κ1) is 30.7. The van der Waals surface area contributed by atoms with E-state index in [9.17, 15) is 23.9 Å². The Morgan fingerprint density at radius 3 is 2.40 bits per heavy atom. The SMILES string of the molecule is CCN(CC)CC(O)CNC(=O)c1c(C)[nH]c(/C=C2\C(=O)N(C(C)C)c3ccc(C(N)=O)cc32)c1-c1ccc(F)cc1. The number of aromatic nitrogens is 1. The number of nitrogens with zero attached hydrogens (tertiary/aromatic N) is 2. The molecule has 0 spiro atoms. The number of aliphatic hydroxyl groups excluding tert-OH is 1. The van der Waals surface area contributed by atoms with Crippen LogP contribution in [0, 0.1) is 12.7 Å². The molecule has 1 aromatic heterocycles. The molecule has 10 heteroatoms. The van der Waals surface area contributed by atoms with Gasteiger partial charge in [-0.2, -0.15) is 0 Å². The Kier molecular flexibility index (Phi) is 9.28. The van der Waals surface area contributed by atoms with Gasteiger partial charge in [-0.05, 0) is 75.8 Å². The summed E-state index contributed by atoms with van der Waals surface area (Å²) in [5, 5.41) is 13.4. The summed E-state index contributed by atoms with van der Waals surface area (Å²) in [5.74, 6) is -1.71. The number of nitrogens with one attached hydrogen (secondary N) is 2. The van der Waals surface area contributed by atoms with E-state index in [0.717, 1.165) is 13.1 Å². The number of hydrogen-bond donors (Lipinski definition) is 4. The zero-order valence-corrected chi connectivity index (χ0v) is 24.6. The zero-order chi connectivity index (χ0) is 30.7. The molecule has 5 N–H and O–H groups in total. The Hall–Kier alpha value is -4.28. The van der Waals surface area contributed by atoms with E-state index in [4.69, 9.17) is 5.73 Å². The van der Waals surface area contributed by atoms with Gasteiger partial charge in [-0.15, -0.1) is 0 Å². The van der Waals surface area contributed by atoms with E-state index in [1.54, 1.807) is 48.2 Å².